The van der Waals surface area contributed by atoms with Crippen LogP contribution in [0.4, 0.5) is 5.69 Å². The van der Waals surface area contributed by atoms with E-state index in [9.17, 15) is 4.79 Å². The average Bonchev–Trinajstić information content (AvgIpc) is 3.10. The van der Waals surface area contributed by atoms with Gasteiger partial charge in [-0.15, -0.1) is 16.8 Å². The third kappa shape index (κ3) is 5.78. The number of allylic oxidation sites excluding steroid dienone is 1. The van der Waals surface area contributed by atoms with Crippen LogP contribution >= 0.6 is 35.0 Å². The standard InChI is InChI=1S/C21H20Cl2N4O2S/c1-3-10-27-19(12-29-18-7-5-4-6-16(18)23)25-26-21(27)30-13-20(28)24-17-11-15(22)9-8-14(17)2/h3-9,11H,1,10,12-13H2,2H3,(H,24,28). The minimum absolute atomic E-state index is 0.160. The first-order valence-corrected chi connectivity index (χ1v) is 10.8. The highest BCUT2D eigenvalue weighted by Crippen LogP contribution is 2.25. The Kier molecular flexibility index (Phi) is 7.79. The van der Waals surface area contributed by atoms with E-state index in [4.69, 9.17) is 27.9 Å². The lowest BCUT2D eigenvalue weighted by atomic mass is 10.2. The van der Waals surface area contributed by atoms with Gasteiger partial charge in [-0.3, -0.25) is 9.36 Å². The number of halogens is 2. The highest BCUT2D eigenvalue weighted by molar-refractivity contribution is 7.99. The van der Waals surface area contributed by atoms with Crippen LogP contribution in [0.1, 0.15) is 11.4 Å². The van der Waals surface area contributed by atoms with E-state index in [-0.39, 0.29) is 18.3 Å². The number of para-hydroxylation sites is 1. The van der Waals surface area contributed by atoms with Crippen molar-refractivity contribution < 1.29 is 9.53 Å². The third-order valence-corrected chi connectivity index (χ3v) is 5.62. The van der Waals surface area contributed by atoms with Crippen molar-refractivity contribution in [2.45, 2.75) is 25.2 Å². The number of ether oxygens (including phenoxy) is 1. The molecule has 0 aliphatic heterocycles. The van der Waals surface area contributed by atoms with Gasteiger partial charge in [0.1, 0.15) is 12.4 Å². The minimum Gasteiger partial charge on any atom is -0.484 e. The lowest BCUT2D eigenvalue weighted by Crippen LogP contribution is -2.15. The zero-order valence-electron chi connectivity index (χ0n) is 16.3. The molecule has 156 valence electrons. The number of aromatic nitrogens is 3. The molecule has 3 rings (SSSR count). The van der Waals surface area contributed by atoms with Gasteiger partial charge in [0, 0.05) is 17.3 Å². The number of thioether (sulfide) groups is 1. The highest BCUT2D eigenvalue weighted by atomic mass is 35.5. The molecule has 0 saturated carbocycles. The predicted octanol–water partition coefficient (Wildman–Crippen LogP) is 5.39. The number of anilines is 1. The second-order valence-corrected chi connectivity index (χ2v) is 8.10. The number of benzene rings is 2. The zero-order valence-corrected chi connectivity index (χ0v) is 18.6. The van der Waals surface area contributed by atoms with Crippen LogP contribution in [0.2, 0.25) is 10.0 Å². The Morgan fingerprint density at radius 3 is 2.83 bits per heavy atom. The van der Waals surface area contributed by atoms with Crippen LogP contribution in [0.25, 0.3) is 0 Å². The van der Waals surface area contributed by atoms with Crippen molar-refractivity contribution in [2.75, 3.05) is 11.1 Å². The van der Waals surface area contributed by atoms with Gasteiger partial charge in [-0.1, -0.05) is 59.2 Å². The summed E-state index contributed by atoms with van der Waals surface area (Å²) < 4.78 is 7.62. The Hall–Kier alpha value is -2.48. The normalized spacial score (nSPS) is 10.6. The van der Waals surface area contributed by atoms with Crippen molar-refractivity contribution in [1.29, 1.82) is 0 Å². The topological polar surface area (TPSA) is 69.0 Å². The molecule has 0 aliphatic carbocycles. The molecule has 0 spiro atoms. The number of amides is 1. The molecular formula is C21H20Cl2N4O2S. The molecule has 1 N–H and O–H groups in total. The SMILES string of the molecule is C=CCn1c(COc2ccccc2Cl)nnc1SCC(=O)Nc1cc(Cl)ccc1C. The summed E-state index contributed by atoms with van der Waals surface area (Å²) in [6.45, 7) is 6.37. The van der Waals surface area contributed by atoms with Gasteiger partial charge < -0.3 is 10.1 Å². The summed E-state index contributed by atoms with van der Waals surface area (Å²) in [5, 5.41) is 13.0. The van der Waals surface area contributed by atoms with E-state index in [2.05, 4.69) is 22.1 Å². The van der Waals surface area contributed by atoms with Gasteiger partial charge in [0.25, 0.3) is 0 Å². The van der Waals surface area contributed by atoms with Gasteiger partial charge in [0.15, 0.2) is 11.0 Å². The van der Waals surface area contributed by atoms with Crippen LogP contribution in [0.3, 0.4) is 0 Å². The molecule has 0 fully saturated rings. The van der Waals surface area contributed by atoms with Gasteiger partial charge in [0.05, 0.1) is 10.8 Å². The van der Waals surface area contributed by atoms with E-state index >= 15 is 0 Å². The summed E-state index contributed by atoms with van der Waals surface area (Å²) >= 11 is 13.4. The second kappa shape index (κ2) is 10.5. The van der Waals surface area contributed by atoms with Crippen LogP contribution in [0.15, 0.2) is 60.3 Å². The highest BCUT2D eigenvalue weighted by Gasteiger charge is 2.15. The van der Waals surface area contributed by atoms with Crippen LogP contribution in [0, 0.1) is 6.92 Å². The maximum absolute atomic E-state index is 12.4. The first kappa shape index (κ1) is 22.2. The Balaban J connectivity index is 1.64. The molecule has 2 aromatic carbocycles. The molecule has 1 heterocycles. The zero-order chi connectivity index (χ0) is 21.5. The van der Waals surface area contributed by atoms with Crippen LogP contribution < -0.4 is 10.1 Å². The van der Waals surface area contributed by atoms with Gasteiger partial charge in [0.2, 0.25) is 5.91 Å². The molecule has 0 saturated heterocycles. The molecule has 3 aromatic rings. The molecular weight excluding hydrogens is 443 g/mol. The fraction of sp³-hybridized carbons (Fsp3) is 0.190. The first-order valence-electron chi connectivity index (χ1n) is 9.07. The van der Waals surface area contributed by atoms with E-state index < -0.39 is 0 Å². The van der Waals surface area contributed by atoms with E-state index in [0.717, 1.165) is 5.56 Å². The minimum atomic E-state index is -0.160. The fourth-order valence-corrected chi connectivity index (χ4v) is 3.72. The molecule has 1 aromatic heterocycles. The van der Waals surface area contributed by atoms with E-state index in [0.29, 0.717) is 39.0 Å². The van der Waals surface area contributed by atoms with E-state index in [1.54, 1.807) is 30.3 Å². The van der Waals surface area contributed by atoms with Gasteiger partial charge in [-0.25, -0.2) is 0 Å². The van der Waals surface area contributed by atoms with E-state index in [1.165, 1.54) is 11.8 Å². The van der Waals surface area contributed by atoms with Crippen molar-refractivity contribution in [3.05, 3.63) is 76.6 Å². The summed E-state index contributed by atoms with van der Waals surface area (Å²) in [5.74, 6) is 1.20. The fourth-order valence-electron chi connectivity index (χ4n) is 2.59. The Morgan fingerprint density at radius 2 is 2.07 bits per heavy atom. The molecule has 0 aliphatic rings. The van der Waals surface area contributed by atoms with Gasteiger partial charge >= 0.3 is 0 Å². The number of carbonyl (C=O) groups is 1. The summed E-state index contributed by atoms with van der Waals surface area (Å²) in [5.41, 5.74) is 1.63. The molecule has 6 nitrogen and oxygen atoms in total. The maximum Gasteiger partial charge on any atom is 0.234 e. The number of hydrogen-bond acceptors (Lipinski definition) is 5. The van der Waals surface area contributed by atoms with E-state index in [1.807, 2.05) is 29.7 Å². The number of hydrogen-bond donors (Lipinski definition) is 1. The molecule has 0 radical (unpaired) electrons. The third-order valence-electron chi connectivity index (χ3n) is 4.10. The molecule has 0 unspecified atom stereocenters. The van der Waals surface area contributed by atoms with Crippen molar-refractivity contribution in [1.82, 2.24) is 14.8 Å². The largest absolute Gasteiger partial charge is 0.484 e. The van der Waals surface area contributed by atoms with Gasteiger partial charge in [-0.2, -0.15) is 0 Å². The van der Waals surface area contributed by atoms with Crippen LogP contribution in [0.5, 0.6) is 5.75 Å². The van der Waals surface area contributed by atoms with Crippen molar-refractivity contribution in [2.24, 2.45) is 0 Å². The van der Waals surface area contributed by atoms with Gasteiger partial charge in [-0.05, 0) is 36.8 Å². The summed E-state index contributed by atoms with van der Waals surface area (Å²) in [6, 6.07) is 12.6. The second-order valence-electron chi connectivity index (χ2n) is 6.31. The van der Waals surface area contributed by atoms with Crippen molar-refractivity contribution >= 4 is 46.6 Å². The Labute approximate surface area is 189 Å². The Morgan fingerprint density at radius 1 is 1.27 bits per heavy atom. The number of rotatable bonds is 9. The lowest BCUT2D eigenvalue weighted by Gasteiger charge is -2.11. The molecule has 0 bridgehead atoms. The monoisotopic (exact) mass is 462 g/mol. The quantitative estimate of drug-likeness (QED) is 0.341. The summed E-state index contributed by atoms with van der Waals surface area (Å²) in [4.78, 5) is 12.4. The van der Waals surface area contributed by atoms with Crippen molar-refractivity contribution in [3.8, 4) is 5.75 Å². The lowest BCUT2D eigenvalue weighted by molar-refractivity contribution is -0.113. The number of aryl methyl sites for hydroxylation is 1. The smallest absolute Gasteiger partial charge is 0.234 e. The molecule has 0 atom stereocenters. The molecule has 30 heavy (non-hydrogen) atoms. The summed E-state index contributed by atoms with van der Waals surface area (Å²) in [7, 11) is 0. The van der Waals surface area contributed by atoms with Crippen LogP contribution in [-0.2, 0) is 17.9 Å². The number of nitrogens with zero attached hydrogens (tertiary/aromatic N) is 3. The first-order chi connectivity index (χ1) is 14.5. The molecule has 1 amide bonds. The summed E-state index contributed by atoms with van der Waals surface area (Å²) in [6.07, 6.45) is 1.74. The Bertz CT molecular complexity index is 1060. The predicted molar refractivity (Wildman–Crippen MR) is 122 cm³/mol. The average molecular weight is 463 g/mol. The molecule has 9 heteroatoms. The number of carbonyl (C=O) groups excluding carboxylic acids is 1. The maximum atomic E-state index is 12.4. The van der Waals surface area contributed by atoms with Crippen molar-refractivity contribution in [3.63, 3.8) is 0 Å². The number of nitrogens with one attached hydrogen (secondary N) is 1. The van der Waals surface area contributed by atoms with Crippen LogP contribution in [-0.4, -0.2) is 26.4 Å².